The van der Waals surface area contributed by atoms with Gasteiger partial charge in [-0.05, 0) is 13.0 Å². The van der Waals surface area contributed by atoms with E-state index >= 15 is 0 Å². The zero-order valence-electron chi connectivity index (χ0n) is 11.1. The predicted molar refractivity (Wildman–Crippen MR) is 66.9 cm³/mol. The van der Waals surface area contributed by atoms with Crippen molar-refractivity contribution in [1.29, 1.82) is 0 Å². The first-order valence-electron chi connectivity index (χ1n) is 6.18. The van der Waals surface area contributed by atoms with E-state index in [0.29, 0.717) is 11.7 Å². The Bertz CT molecular complexity index is 357. The Morgan fingerprint density at radius 2 is 2.12 bits per heavy atom. The van der Waals surface area contributed by atoms with Crippen molar-refractivity contribution >= 4 is 5.78 Å². The highest BCUT2D eigenvalue weighted by Gasteiger charge is 2.14. The second-order valence-corrected chi connectivity index (χ2v) is 4.85. The minimum Gasteiger partial charge on any atom is -0.314 e. The summed E-state index contributed by atoms with van der Waals surface area (Å²) in [4.78, 5) is 11.6. The van der Waals surface area contributed by atoms with Crippen molar-refractivity contribution in [3.8, 4) is 0 Å². The quantitative estimate of drug-likeness (QED) is 0.578. The molecule has 5 nitrogen and oxygen atoms in total. The van der Waals surface area contributed by atoms with Crippen LogP contribution in [0.2, 0.25) is 0 Å². The molecular weight excluding hydrogens is 216 g/mol. The minimum atomic E-state index is -0.0252. The van der Waals surface area contributed by atoms with Crippen LogP contribution in [-0.2, 0) is 6.54 Å². The zero-order chi connectivity index (χ0) is 12.8. The van der Waals surface area contributed by atoms with E-state index in [0.717, 1.165) is 19.5 Å². The van der Waals surface area contributed by atoms with E-state index in [2.05, 4.69) is 29.5 Å². The maximum atomic E-state index is 11.6. The lowest BCUT2D eigenvalue weighted by Gasteiger charge is -2.06. The Hall–Kier alpha value is -1.23. The molecule has 0 aromatic carbocycles. The highest BCUT2D eigenvalue weighted by Crippen LogP contribution is 2.04. The second kappa shape index (κ2) is 6.49. The Morgan fingerprint density at radius 1 is 1.41 bits per heavy atom. The van der Waals surface area contributed by atoms with Gasteiger partial charge < -0.3 is 5.32 Å². The van der Waals surface area contributed by atoms with E-state index in [1.807, 2.05) is 13.8 Å². The van der Waals surface area contributed by atoms with Gasteiger partial charge in [0.1, 0.15) is 5.69 Å². The number of carbonyl (C=O) groups excluding carboxylic acids is 1. The predicted octanol–water partition coefficient (Wildman–Crippen LogP) is 1.50. The summed E-state index contributed by atoms with van der Waals surface area (Å²) in [6.07, 6.45) is 2.72. The number of aryl methyl sites for hydroxylation is 1. The highest BCUT2D eigenvalue weighted by molar-refractivity contribution is 5.95. The first-order valence-corrected chi connectivity index (χ1v) is 6.18. The molecule has 1 aromatic rings. The summed E-state index contributed by atoms with van der Waals surface area (Å²) in [6, 6.07) is 0.504. The van der Waals surface area contributed by atoms with E-state index in [-0.39, 0.29) is 11.7 Å². The third-order valence-corrected chi connectivity index (χ3v) is 2.43. The van der Waals surface area contributed by atoms with Crippen LogP contribution >= 0.6 is 0 Å². The molecule has 0 unspecified atom stereocenters. The van der Waals surface area contributed by atoms with Crippen molar-refractivity contribution in [2.45, 2.75) is 46.7 Å². The van der Waals surface area contributed by atoms with Crippen LogP contribution in [0.15, 0.2) is 6.20 Å². The van der Waals surface area contributed by atoms with Crippen LogP contribution in [0, 0.1) is 5.92 Å². The van der Waals surface area contributed by atoms with Gasteiger partial charge in [0.25, 0.3) is 0 Å². The normalized spacial score (nSPS) is 11.4. The summed E-state index contributed by atoms with van der Waals surface area (Å²) >= 11 is 0. The molecule has 0 radical (unpaired) electrons. The van der Waals surface area contributed by atoms with E-state index < -0.39 is 0 Å². The first-order chi connectivity index (χ1) is 8.00. The smallest absolute Gasteiger partial charge is 0.187 e. The molecule has 1 N–H and O–H groups in total. The number of nitrogens with zero attached hydrogens (tertiary/aromatic N) is 3. The third-order valence-electron chi connectivity index (χ3n) is 2.43. The lowest BCUT2D eigenvalue weighted by atomic mass is 10.1. The zero-order valence-corrected chi connectivity index (χ0v) is 11.1. The number of ketones is 1. The summed E-state index contributed by atoms with van der Waals surface area (Å²) in [5.41, 5.74) is 0.469. The van der Waals surface area contributed by atoms with Crippen LogP contribution in [0.5, 0.6) is 0 Å². The standard InChI is InChI=1S/C12H22N4O/c1-9(2)12(17)11-8-16(15-14-11)7-5-6-13-10(3)4/h8-10,13H,5-7H2,1-4H3. The maximum Gasteiger partial charge on any atom is 0.187 e. The van der Waals surface area contributed by atoms with Gasteiger partial charge in [-0.2, -0.15) is 0 Å². The molecule has 0 atom stereocenters. The molecule has 17 heavy (non-hydrogen) atoms. The SMILES string of the molecule is CC(C)NCCCn1cc(C(=O)C(C)C)nn1. The van der Waals surface area contributed by atoms with E-state index in [1.165, 1.54) is 0 Å². The van der Waals surface area contributed by atoms with Gasteiger partial charge >= 0.3 is 0 Å². The molecule has 0 aliphatic rings. The molecule has 0 aliphatic carbocycles. The van der Waals surface area contributed by atoms with Crippen LogP contribution in [0.4, 0.5) is 0 Å². The molecule has 1 rings (SSSR count). The number of hydrogen-bond acceptors (Lipinski definition) is 4. The average molecular weight is 238 g/mol. The highest BCUT2D eigenvalue weighted by atomic mass is 16.1. The lowest BCUT2D eigenvalue weighted by Crippen LogP contribution is -2.24. The number of rotatable bonds is 7. The summed E-state index contributed by atoms with van der Waals surface area (Å²) < 4.78 is 1.73. The summed E-state index contributed by atoms with van der Waals surface area (Å²) in [5.74, 6) is 0.0271. The number of Topliss-reactive ketones (excluding diaryl/α,β-unsaturated/α-hetero) is 1. The Morgan fingerprint density at radius 3 is 2.71 bits per heavy atom. The van der Waals surface area contributed by atoms with E-state index in [1.54, 1.807) is 10.9 Å². The van der Waals surface area contributed by atoms with Crippen LogP contribution in [0.1, 0.15) is 44.6 Å². The molecule has 0 bridgehead atoms. The van der Waals surface area contributed by atoms with Gasteiger partial charge in [0, 0.05) is 18.5 Å². The topological polar surface area (TPSA) is 59.8 Å². The van der Waals surface area contributed by atoms with Gasteiger partial charge in [0.05, 0.1) is 6.20 Å². The van der Waals surface area contributed by atoms with E-state index in [9.17, 15) is 4.79 Å². The lowest BCUT2D eigenvalue weighted by molar-refractivity contribution is 0.0934. The molecule has 96 valence electrons. The van der Waals surface area contributed by atoms with Gasteiger partial charge in [-0.15, -0.1) is 5.10 Å². The fourth-order valence-electron chi connectivity index (χ4n) is 1.45. The van der Waals surface area contributed by atoms with Crippen molar-refractivity contribution in [2.24, 2.45) is 5.92 Å². The molecule has 5 heteroatoms. The number of nitrogens with one attached hydrogen (secondary N) is 1. The Labute approximate surface area is 103 Å². The third kappa shape index (κ3) is 4.65. The number of carbonyl (C=O) groups is 1. The molecule has 0 aliphatic heterocycles. The van der Waals surface area contributed by atoms with Crippen molar-refractivity contribution in [1.82, 2.24) is 20.3 Å². The Balaban J connectivity index is 2.38. The van der Waals surface area contributed by atoms with Crippen molar-refractivity contribution in [3.05, 3.63) is 11.9 Å². The molecule has 0 amide bonds. The summed E-state index contributed by atoms with van der Waals surface area (Å²) in [7, 11) is 0. The van der Waals surface area contributed by atoms with Gasteiger partial charge in [0.2, 0.25) is 0 Å². The largest absolute Gasteiger partial charge is 0.314 e. The summed E-state index contributed by atoms with van der Waals surface area (Å²) in [5, 5.41) is 11.2. The fourth-order valence-corrected chi connectivity index (χ4v) is 1.45. The van der Waals surface area contributed by atoms with Crippen LogP contribution in [0.25, 0.3) is 0 Å². The molecule has 0 saturated heterocycles. The molecule has 1 aromatic heterocycles. The van der Waals surface area contributed by atoms with Gasteiger partial charge in [-0.25, -0.2) is 0 Å². The fraction of sp³-hybridized carbons (Fsp3) is 0.750. The van der Waals surface area contributed by atoms with Gasteiger partial charge in [-0.1, -0.05) is 32.9 Å². The van der Waals surface area contributed by atoms with Crippen molar-refractivity contribution < 1.29 is 4.79 Å². The molecule has 0 fully saturated rings. The van der Waals surface area contributed by atoms with Crippen LogP contribution in [0.3, 0.4) is 0 Å². The van der Waals surface area contributed by atoms with Crippen molar-refractivity contribution in [2.75, 3.05) is 6.54 Å². The second-order valence-electron chi connectivity index (χ2n) is 4.85. The monoisotopic (exact) mass is 238 g/mol. The maximum absolute atomic E-state index is 11.6. The van der Waals surface area contributed by atoms with Gasteiger partial charge in [0.15, 0.2) is 5.78 Å². The number of aromatic nitrogens is 3. The molecule has 1 heterocycles. The van der Waals surface area contributed by atoms with Crippen LogP contribution < -0.4 is 5.32 Å². The summed E-state index contributed by atoms with van der Waals surface area (Å²) in [6.45, 7) is 9.72. The minimum absolute atomic E-state index is 0.0252. The van der Waals surface area contributed by atoms with Gasteiger partial charge in [-0.3, -0.25) is 9.48 Å². The van der Waals surface area contributed by atoms with E-state index in [4.69, 9.17) is 0 Å². The molecule has 0 spiro atoms. The average Bonchev–Trinajstić information content (AvgIpc) is 2.71. The Kier molecular flexibility index (Phi) is 5.28. The van der Waals surface area contributed by atoms with Crippen LogP contribution in [-0.4, -0.2) is 33.4 Å². The molecule has 0 saturated carbocycles. The molecular formula is C12H22N4O. The number of hydrogen-bond donors (Lipinski definition) is 1. The van der Waals surface area contributed by atoms with Crippen molar-refractivity contribution in [3.63, 3.8) is 0 Å². The first kappa shape index (κ1) is 13.8.